The molecule has 1 saturated carbocycles. The summed E-state index contributed by atoms with van der Waals surface area (Å²) in [7, 11) is 1.45. The number of likely N-dealkylation sites (N-methyl/N-ethyl adjacent to an activating group) is 1. The first-order valence-corrected chi connectivity index (χ1v) is 9.48. The molecule has 0 unspecified atom stereocenters. The Morgan fingerprint density at radius 1 is 1.21 bits per heavy atom. The summed E-state index contributed by atoms with van der Waals surface area (Å²) in [5.74, 6) is -0.877. The van der Waals surface area contributed by atoms with Crippen LogP contribution in [-0.2, 0) is 14.3 Å². The standard InChI is InChI=1S/C20H21ClN4O4/c1-25(11-18(26)24-16-5-3-2-4-15(16)21)19(27)12-29-20(28)13-6-9-17(22-10-13)23-14-7-8-14/h2-6,9-10,14H,7-8,11-12H2,1H3,(H,22,23)(H,24,26). The van der Waals surface area contributed by atoms with Crippen molar-refractivity contribution in [2.75, 3.05) is 30.8 Å². The highest BCUT2D eigenvalue weighted by atomic mass is 35.5. The van der Waals surface area contributed by atoms with Crippen molar-refractivity contribution in [3.05, 3.63) is 53.2 Å². The number of anilines is 2. The third-order valence-corrected chi connectivity index (χ3v) is 4.54. The number of amides is 2. The van der Waals surface area contributed by atoms with Gasteiger partial charge in [0.15, 0.2) is 6.61 Å². The first-order valence-electron chi connectivity index (χ1n) is 9.10. The molecule has 1 fully saturated rings. The van der Waals surface area contributed by atoms with Gasteiger partial charge in [-0.2, -0.15) is 0 Å². The SMILES string of the molecule is CN(CC(=O)Nc1ccccc1Cl)C(=O)COC(=O)c1ccc(NC2CC2)nc1. The van der Waals surface area contributed by atoms with Crippen molar-refractivity contribution >= 4 is 40.9 Å². The van der Waals surface area contributed by atoms with Crippen LogP contribution >= 0.6 is 11.6 Å². The van der Waals surface area contributed by atoms with Gasteiger partial charge in [0.2, 0.25) is 5.91 Å². The Morgan fingerprint density at radius 3 is 2.62 bits per heavy atom. The summed E-state index contributed by atoms with van der Waals surface area (Å²) < 4.78 is 5.02. The monoisotopic (exact) mass is 416 g/mol. The molecule has 1 aromatic carbocycles. The van der Waals surface area contributed by atoms with E-state index >= 15 is 0 Å². The first-order chi connectivity index (χ1) is 13.9. The van der Waals surface area contributed by atoms with Crippen molar-refractivity contribution < 1.29 is 19.1 Å². The number of rotatable bonds is 8. The van der Waals surface area contributed by atoms with Crippen LogP contribution < -0.4 is 10.6 Å². The highest BCUT2D eigenvalue weighted by molar-refractivity contribution is 6.33. The van der Waals surface area contributed by atoms with Gasteiger partial charge in [0.1, 0.15) is 5.82 Å². The molecular formula is C20H21ClN4O4. The number of hydrogen-bond donors (Lipinski definition) is 2. The summed E-state index contributed by atoms with van der Waals surface area (Å²) in [4.78, 5) is 41.6. The number of halogens is 1. The molecule has 2 amide bonds. The van der Waals surface area contributed by atoms with E-state index in [1.54, 1.807) is 36.4 Å². The molecule has 152 valence electrons. The van der Waals surface area contributed by atoms with Gasteiger partial charge in [-0.05, 0) is 37.1 Å². The van der Waals surface area contributed by atoms with E-state index in [2.05, 4.69) is 15.6 Å². The van der Waals surface area contributed by atoms with E-state index in [0.717, 1.165) is 12.8 Å². The molecule has 9 heteroatoms. The summed E-state index contributed by atoms with van der Waals surface area (Å²) in [6.45, 7) is -0.679. The predicted octanol–water partition coefficient (Wildman–Crippen LogP) is 2.56. The average Bonchev–Trinajstić information content (AvgIpc) is 3.52. The third-order valence-electron chi connectivity index (χ3n) is 4.21. The van der Waals surface area contributed by atoms with Crippen molar-refractivity contribution in [2.24, 2.45) is 0 Å². The average molecular weight is 417 g/mol. The molecule has 1 aromatic heterocycles. The lowest BCUT2D eigenvalue weighted by Gasteiger charge is -2.17. The van der Waals surface area contributed by atoms with Gasteiger partial charge >= 0.3 is 5.97 Å². The smallest absolute Gasteiger partial charge is 0.340 e. The molecule has 29 heavy (non-hydrogen) atoms. The molecule has 1 aliphatic rings. The van der Waals surface area contributed by atoms with Gasteiger partial charge in [0.25, 0.3) is 5.91 Å². The normalized spacial score (nSPS) is 12.8. The van der Waals surface area contributed by atoms with E-state index in [1.165, 1.54) is 18.1 Å². The topological polar surface area (TPSA) is 101 Å². The molecule has 0 saturated heterocycles. The lowest BCUT2D eigenvalue weighted by Crippen LogP contribution is -2.37. The van der Waals surface area contributed by atoms with Gasteiger partial charge in [-0.3, -0.25) is 9.59 Å². The zero-order chi connectivity index (χ0) is 20.8. The van der Waals surface area contributed by atoms with Crippen molar-refractivity contribution in [3.8, 4) is 0 Å². The van der Waals surface area contributed by atoms with E-state index in [0.29, 0.717) is 22.6 Å². The second-order valence-corrected chi connectivity index (χ2v) is 7.11. The Morgan fingerprint density at radius 2 is 1.97 bits per heavy atom. The molecule has 1 heterocycles. The van der Waals surface area contributed by atoms with Crippen LogP contribution in [0.25, 0.3) is 0 Å². The summed E-state index contributed by atoms with van der Waals surface area (Å²) in [5.41, 5.74) is 0.705. The number of aromatic nitrogens is 1. The Labute approximate surface area is 173 Å². The predicted molar refractivity (Wildman–Crippen MR) is 109 cm³/mol. The number of carbonyl (C=O) groups excluding carboxylic acids is 3. The minimum absolute atomic E-state index is 0.204. The minimum Gasteiger partial charge on any atom is -0.452 e. The maximum atomic E-state index is 12.1. The summed E-state index contributed by atoms with van der Waals surface area (Å²) in [5, 5.41) is 6.24. The van der Waals surface area contributed by atoms with Crippen molar-refractivity contribution in [2.45, 2.75) is 18.9 Å². The molecule has 0 aliphatic heterocycles. The van der Waals surface area contributed by atoms with Crippen LogP contribution in [0.2, 0.25) is 5.02 Å². The number of ether oxygens (including phenoxy) is 1. The number of hydrogen-bond acceptors (Lipinski definition) is 6. The highest BCUT2D eigenvalue weighted by Gasteiger charge is 2.21. The Balaban J connectivity index is 1.43. The minimum atomic E-state index is -0.655. The van der Waals surface area contributed by atoms with Gasteiger partial charge in [0, 0.05) is 19.3 Å². The van der Waals surface area contributed by atoms with Crippen LogP contribution in [0.15, 0.2) is 42.6 Å². The zero-order valence-electron chi connectivity index (χ0n) is 15.9. The van der Waals surface area contributed by atoms with Crippen LogP contribution in [0.1, 0.15) is 23.2 Å². The maximum Gasteiger partial charge on any atom is 0.340 e. The number of esters is 1. The molecule has 0 bridgehead atoms. The molecular weight excluding hydrogens is 396 g/mol. The zero-order valence-corrected chi connectivity index (χ0v) is 16.6. The number of nitrogens with one attached hydrogen (secondary N) is 2. The van der Waals surface area contributed by atoms with Crippen LogP contribution in [0.5, 0.6) is 0 Å². The maximum absolute atomic E-state index is 12.1. The lowest BCUT2D eigenvalue weighted by molar-refractivity contribution is -0.136. The lowest BCUT2D eigenvalue weighted by atomic mass is 10.3. The van der Waals surface area contributed by atoms with Gasteiger partial charge in [-0.1, -0.05) is 23.7 Å². The van der Waals surface area contributed by atoms with E-state index in [9.17, 15) is 14.4 Å². The van der Waals surface area contributed by atoms with Crippen molar-refractivity contribution in [3.63, 3.8) is 0 Å². The van der Waals surface area contributed by atoms with Crippen LogP contribution in [0.3, 0.4) is 0 Å². The van der Waals surface area contributed by atoms with Crippen LogP contribution in [0, 0.1) is 0 Å². The third kappa shape index (κ3) is 6.18. The van der Waals surface area contributed by atoms with E-state index < -0.39 is 24.4 Å². The largest absolute Gasteiger partial charge is 0.452 e. The van der Waals surface area contributed by atoms with Crippen LogP contribution in [-0.4, -0.2) is 53.9 Å². The van der Waals surface area contributed by atoms with Gasteiger partial charge in [-0.15, -0.1) is 0 Å². The number of para-hydroxylation sites is 1. The quantitative estimate of drug-likeness (QED) is 0.641. The van der Waals surface area contributed by atoms with Crippen LogP contribution in [0.4, 0.5) is 11.5 Å². The highest BCUT2D eigenvalue weighted by Crippen LogP contribution is 2.23. The summed E-state index contributed by atoms with van der Waals surface area (Å²) in [6.07, 6.45) is 3.65. The molecule has 0 spiro atoms. The van der Waals surface area contributed by atoms with E-state index in [-0.39, 0.29) is 12.1 Å². The number of pyridine rings is 1. The number of nitrogens with zero attached hydrogens (tertiary/aromatic N) is 2. The van der Waals surface area contributed by atoms with E-state index in [4.69, 9.17) is 16.3 Å². The second-order valence-electron chi connectivity index (χ2n) is 6.70. The molecule has 0 atom stereocenters. The Kier molecular flexibility index (Phi) is 6.66. The Bertz CT molecular complexity index is 900. The number of carbonyl (C=O) groups is 3. The molecule has 2 N–H and O–H groups in total. The fourth-order valence-electron chi connectivity index (χ4n) is 2.41. The molecule has 0 radical (unpaired) electrons. The molecule has 1 aliphatic carbocycles. The summed E-state index contributed by atoms with van der Waals surface area (Å²) in [6, 6.07) is 10.5. The van der Waals surface area contributed by atoms with Gasteiger partial charge < -0.3 is 20.3 Å². The Hall–Kier alpha value is -3.13. The van der Waals surface area contributed by atoms with Crippen molar-refractivity contribution in [1.29, 1.82) is 0 Å². The van der Waals surface area contributed by atoms with Crippen molar-refractivity contribution in [1.82, 2.24) is 9.88 Å². The molecule has 2 aromatic rings. The molecule has 8 nitrogen and oxygen atoms in total. The van der Waals surface area contributed by atoms with Gasteiger partial charge in [0.05, 0.1) is 22.8 Å². The fourth-order valence-corrected chi connectivity index (χ4v) is 2.60. The van der Waals surface area contributed by atoms with E-state index in [1.807, 2.05) is 0 Å². The second kappa shape index (κ2) is 9.38. The number of benzene rings is 1. The summed E-state index contributed by atoms with van der Waals surface area (Å²) >= 11 is 5.99. The van der Waals surface area contributed by atoms with Gasteiger partial charge in [-0.25, -0.2) is 9.78 Å². The molecule has 3 rings (SSSR count). The fraction of sp³-hybridized carbons (Fsp3) is 0.300. The first kappa shape index (κ1) is 20.6.